The van der Waals surface area contributed by atoms with Crippen LogP contribution in [0, 0.1) is 5.92 Å². The standard InChI is InChI=1S/C33H45N3O3/c1-2-35(32(37)38-25-26-12-6-3-7-13-26)29-16-20-34(21-17-29)23-28-24-36-30(31(28)27-14-8-4-9-15-27)22-33(39-36)18-10-5-11-19-33/h3-4,6-9,12-15,28-31H,2,5,10-11,16-25H2,1H3/t28?,30-,31+/m0/s1. The Morgan fingerprint density at radius 2 is 1.69 bits per heavy atom. The van der Waals surface area contributed by atoms with Crippen LogP contribution < -0.4 is 0 Å². The van der Waals surface area contributed by atoms with Gasteiger partial charge in [0, 0.05) is 50.7 Å². The molecular formula is C33H45N3O3. The Hall–Kier alpha value is -2.41. The zero-order chi connectivity index (χ0) is 26.7. The first-order valence-corrected chi connectivity index (χ1v) is 15.3. The second-order valence-electron chi connectivity index (χ2n) is 12.3. The molecule has 0 N–H and O–H groups in total. The molecule has 4 aliphatic rings. The van der Waals surface area contributed by atoms with E-state index < -0.39 is 0 Å². The third-order valence-electron chi connectivity index (χ3n) is 9.82. The molecule has 3 atom stereocenters. The van der Waals surface area contributed by atoms with Gasteiger partial charge in [-0.25, -0.2) is 4.79 Å². The lowest BCUT2D eigenvalue weighted by molar-refractivity contribution is -0.206. The van der Waals surface area contributed by atoms with Crippen LogP contribution in [0.4, 0.5) is 4.79 Å². The fourth-order valence-electron chi connectivity index (χ4n) is 7.89. The van der Waals surface area contributed by atoms with Crippen molar-refractivity contribution in [1.29, 1.82) is 0 Å². The van der Waals surface area contributed by atoms with Crippen molar-refractivity contribution in [2.45, 2.75) is 88.5 Å². The van der Waals surface area contributed by atoms with Crippen LogP contribution in [-0.2, 0) is 16.2 Å². The number of likely N-dealkylation sites (tertiary alicyclic amines) is 1. The first-order chi connectivity index (χ1) is 19.1. The maximum Gasteiger partial charge on any atom is 0.410 e. The van der Waals surface area contributed by atoms with Crippen LogP contribution in [0.2, 0.25) is 0 Å². The van der Waals surface area contributed by atoms with Crippen LogP contribution in [0.5, 0.6) is 0 Å². The maximum atomic E-state index is 12.9. The molecule has 2 aromatic carbocycles. The van der Waals surface area contributed by atoms with Gasteiger partial charge in [-0.1, -0.05) is 79.9 Å². The SMILES string of the molecule is CCN(C(=O)OCc1ccccc1)C1CCN(CC2CN3OC4(CCCCC4)C[C@H]3[C@@H]2c2ccccc2)CC1. The zero-order valence-corrected chi connectivity index (χ0v) is 23.5. The molecule has 3 saturated heterocycles. The Kier molecular flexibility index (Phi) is 8.24. The molecule has 1 saturated carbocycles. The lowest BCUT2D eigenvalue weighted by Crippen LogP contribution is -2.48. The monoisotopic (exact) mass is 531 g/mol. The van der Waals surface area contributed by atoms with E-state index in [0.717, 1.165) is 44.6 Å². The molecule has 0 aromatic heterocycles. The van der Waals surface area contributed by atoms with Crippen molar-refractivity contribution in [3.8, 4) is 0 Å². The fourth-order valence-corrected chi connectivity index (χ4v) is 7.89. The number of nitrogens with zero attached hydrogens (tertiary/aromatic N) is 3. The molecule has 1 aliphatic carbocycles. The van der Waals surface area contributed by atoms with Crippen LogP contribution >= 0.6 is 0 Å². The highest BCUT2D eigenvalue weighted by Crippen LogP contribution is 2.51. The lowest BCUT2D eigenvalue weighted by Gasteiger charge is -2.39. The van der Waals surface area contributed by atoms with Crippen molar-refractivity contribution < 1.29 is 14.4 Å². The quantitative estimate of drug-likeness (QED) is 0.424. The highest BCUT2D eigenvalue weighted by molar-refractivity contribution is 5.68. The number of benzene rings is 2. The summed E-state index contributed by atoms with van der Waals surface area (Å²) < 4.78 is 5.68. The molecule has 1 amide bonds. The van der Waals surface area contributed by atoms with Gasteiger partial charge in [0.05, 0.1) is 5.60 Å². The summed E-state index contributed by atoms with van der Waals surface area (Å²) in [4.78, 5) is 24.3. The smallest absolute Gasteiger partial charge is 0.410 e. The van der Waals surface area contributed by atoms with Gasteiger partial charge < -0.3 is 14.5 Å². The third-order valence-corrected chi connectivity index (χ3v) is 9.82. The van der Waals surface area contributed by atoms with Crippen LogP contribution in [0.3, 0.4) is 0 Å². The van der Waals surface area contributed by atoms with Crippen LogP contribution in [0.15, 0.2) is 60.7 Å². The summed E-state index contributed by atoms with van der Waals surface area (Å²) in [6.45, 7) is 7.26. The molecule has 3 heterocycles. The van der Waals surface area contributed by atoms with Gasteiger partial charge in [0.25, 0.3) is 0 Å². The van der Waals surface area contributed by atoms with Gasteiger partial charge in [0.2, 0.25) is 0 Å². The Morgan fingerprint density at radius 1 is 1.00 bits per heavy atom. The van der Waals surface area contributed by atoms with Crippen molar-refractivity contribution in [2.75, 3.05) is 32.7 Å². The number of hydrogen-bond acceptors (Lipinski definition) is 5. The summed E-state index contributed by atoms with van der Waals surface area (Å²) in [5, 5.41) is 2.39. The predicted octanol–water partition coefficient (Wildman–Crippen LogP) is 6.23. The molecule has 3 aliphatic heterocycles. The van der Waals surface area contributed by atoms with E-state index >= 15 is 0 Å². The lowest BCUT2D eigenvalue weighted by atomic mass is 9.76. The van der Waals surface area contributed by atoms with Gasteiger partial charge in [0.1, 0.15) is 6.61 Å². The number of amides is 1. The number of fused-ring (bicyclic) bond motifs is 1. The molecule has 0 radical (unpaired) electrons. The first kappa shape index (κ1) is 26.8. The molecule has 39 heavy (non-hydrogen) atoms. The van der Waals surface area contributed by atoms with Crippen molar-refractivity contribution >= 4 is 6.09 Å². The number of hydroxylamine groups is 2. The molecule has 6 rings (SSSR count). The van der Waals surface area contributed by atoms with Crippen LogP contribution in [-0.4, -0.2) is 71.4 Å². The number of rotatable bonds is 7. The third kappa shape index (κ3) is 5.89. The minimum atomic E-state index is -0.186. The van der Waals surface area contributed by atoms with E-state index in [1.54, 1.807) is 0 Å². The average Bonchev–Trinajstić information content (AvgIpc) is 3.47. The topological polar surface area (TPSA) is 45.2 Å². The van der Waals surface area contributed by atoms with Gasteiger partial charge >= 0.3 is 6.09 Å². The molecule has 210 valence electrons. The van der Waals surface area contributed by atoms with Crippen LogP contribution in [0.1, 0.15) is 75.3 Å². The van der Waals surface area contributed by atoms with Gasteiger partial charge in [-0.3, -0.25) is 4.84 Å². The van der Waals surface area contributed by atoms with Crippen LogP contribution in [0.25, 0.3) is 0 Å². The van der Waals surface area contributed by atoms with E-state index in [9.17, 15) is 4.79 Å². The maximum absolute atomic E-state index is 12.9. The Bertz CT molecular complexity index is 1070. The van der Waals surface area contributed by atoms with E-state index in [0.29, 0.717) is 31.0 Å². The number of hydrogen-bond donors (Lipinski definition) is 0. The number of carbonyl (C=O) groups excluding carboxylic acids is 1. The fraction of sp³-hybridized carbons (Fsp3) is 0.606. The zero-order valence-electron chi connectivity index (χ0n) is 23.5. The van der Waals surface area contributed by atoms with Gasteiger partial charge in [-0.2, -0.15) is 5.06 Å². The van der Waals surface area contributed by atoms with E-state index in [2.05, 4.69) is 47.2 Å². The molecule has 4 fully saturated rings. The van der Waals surface area contributed by atoms with Crippen molar-refractivity contribution in [1.82, 2.24) is 14.9 Å². The summed E-state index contributed by atoms with van der Waals surface area (Å²) in [6.07, 6.45) is 9.43. The normalized spacial score (nSPS) is 27.5. The Morgan fingerprint density at radius 3 is 2.38 bits per heavy atom. The van der Waals surface area contributed by atoms with E-state index in [1.165, 1.54) is 44.1 Å². The number of piperidine rings is 1. The molecular weight excluding hydrogens is 486 g/mol. The second-order valence-corrected chi connectivity index (χ2v) is 12.3. The molecule has 6 heteroatoms. The summed E-state index contributed by atoms with van der Waals surface area (Å²) >= 11 is 0. The molecule has 1 spiro atoms. The predicted molar refractivity (Wildman–Crippen MR) is 153 cm³/mol. The van der Waals surface area contributed by atoms with Gasteiger partial charge in [-0.05, 0) is 56.1 Å². The summed E-state index contributed by atoms with van der Waals surface area (Å²) in [7, 11) is 0. The highest BCUT2D eigenvalue weighted by atomic mass is 16.7. The second kappa shape index (κ2) is 12.0. The van der Waals surface area contributed by atoms with E-state index in [1.807, 2.05) is 35.2 Å². The van der Waals surface area contributed by atoms with Crippen molar-refractivity contribution in [3.05, 3.63) is 71.8 Å². The first-order valence-electron chi connectivity index (χ1n) is 15.3. The summed E-state index contributed by atoms with van der Waals surface area (Å²) in [5.74, 6) is 1.08. The minimum absolute atomic E-state index is 0.0952. The summed E-state index contributed by atoms with van der Waals surface area (Å²) in [6, 6.07) is 21.9. The van der Waals surface area contributed by atoms with E-state index in [-0.39, 0.29) is 17.7 Å². The largest absolute Gasteiger partial charge is 0.445 e. The van der Waals surface area contributed by atoms with E-state index in [4.69, 9.17) is 9.57 Å². The highest BCUT2D eigenvalue weighted by Gasteiger charge is 2.55. The molecule has 1 unspecified atom stereocenters. The minimum Gasteiger partial charge on any atom is -0.445 e. The number of carbonyl (C=O) groups is 1. The van der Waals surface area contributed by atoms with Gasteiger partial charge in [0.15, 0.2) is 0 Å². The summed E-state index contributed by atoms with van der Waals surface area (Å²) in [5.41, 5.74) is 2.60. The molecule has 0 bridgehead atoms. The van der Waals surface area contributed by atoms with Crippen molar-refractivity contribution in [2.24, 2.45) is 5.92 Å². The van der Waals surface area contributed by atoms with Gasteiger partial charge in [-0.15, -0.1) is 0 Å². The number of ether oxygens (including phenoxy) is 1. The van der Waals surface area contributed by atoms with Crippen molar-refractivity contribution in [3.63, 3.8) is 0 Å². The Labute approximate surface area is 234 Å². The average molecular weight is 532 g/mol. The molecule has 2 aromatic rings. The Balaban J connectivity index is 1.06. The molecule has 6 nitrogen and oxygen atoms in total.